The summed E-state index contributed by atoms with van der Waals surface area (Å²) < 4.78 is 6.05. The Labute approximate surface area is 252 Å². The van der Waals surface area contributed by atoms with E-state index in [0.717, 1.165) is 42.4 Å². The molecule has 0 saturated carbocycles. The Morgan fingerprint density at radius 3 is 2.10 bits per heavy atom. The lowest BCUT2D eigenvalue weighted by molar-refractivity contribution is -0.116. The number of carbonyl (C=O) groups excluding carboxylic acids is 1. The van der Waals surface area contributed by atoms with Crippen molar-refractivity contribution in [3.63, 3.8) is 0 Å². The molecular weight excluding hydrogens is 568 g/mol. The van der Waals surface area contributed by atoms with Gasteiger partial charge in [-0.1, -0.05) is 102 Å². The highest BCUT2D eigenvalue weighted by Crippen LogP contribution is 2.23. The van der Waals surface area contributed by atoms with Gasteiger partial charge in [0.2, 0.25) is 5.91 Å². The van der Waals surface area contributed by atoms with Gasteiger partial charge >= 0.3 is 0 Å². The first kappa shape index (κ1) is 33.3. The zero-order valence-electron chi connectivity index (χ0n) is 24.1. The molecule has 39 heavy (non-hydrogen) atoms. The SMILES string of the molecule is Br.CCCCCCCCCCCCCCOc1cccc(CN(C(C)=O)c2ccc(CN3C=CSC3)cc2)c1. The fourth-order valence-electron chi connectivity index (χ4n) is 4.86. The topological polar surface area (TPSA) is 32.8 Å². The van der Waals surface area contributed by atoms with Crippen molar-refractivity contribution in [1.82, 2.24) is 4.90 Å². The minimum atomic E-state index is 0. The van der Waals surface area contributed by atoms with Crippen molar-refractivity contribution in [2.75, 3.05) is 17.4 Å². The van der Waals surface area contributed by atoms with Gasteiger partial charge in [0.15, 0.2) is 0 Å². The number of unbranched alkanes of at least 4 members (excludes halogenated alkanes) is 11. The second-order valence-electron chi connectivity index (χ2n) is 10.5. The van der Waals surface area contributed by atoms with Crippen molar-refractivity contribution < 1.29 is 9.53 Å². The minimum Gasteiger partial charge on any atom is -0.494 e. The summed E-state index contributed by atoms with van der Waals surface area (Å²) in [5, 5.41) is 2.13. The fraction of sp³-hybridized carbons (Fsp3) is 0.545. The molecule has 0 bridgehead atoms. The maximum absolute atomic E-state index is 12.5. The van der Waals surface area contributed by atoms with Gasteiger partial charge in [-0.15, -0.1) is 28.7 Å². The molecule has 2 aromatic rings. The molecule has 0 aromatic heterocycles. The van der Waals surface area contributed by atoms with E-state index in [1.165, 1.54) is 76.2 Å². The molecule has 216 valence electrons. The Kier molecular flexibility index (Phi) is 17.1. The third-order valence-electron chi connectivity index (χ3n) is 7.13. The molecule has 0 aliphatic carbocycles. The molecule has 1 amide bonds. The number of rotatable bonds is 19. The molecule has 0 fully saturated rings. The number of ether oxygens (including phenoxy) is 1. The molecular formula is C33H49BrN2O2S. The number of hydrogen-bond acceptors (Lipinski definition) is 4. The van der Waals surface area contributed by atoms with Crippen LogP contribution in [-0.2, 0) is 17.9 Å². The summed E-state index contributed by atoms with van der Waals surface area (Å²) in [7, 11) is 0. The number of halogens is 1. The first-order chi connectivity index (χ1) is 18.7. The minimum absolute atomic E-state index is 0. The summed E-state index contributed by atoms with van der Waals surface area (Å²) >= 11 is 1.81. The van der Waals surface area contributed by atoms with E-state index in [0.29, 0.717) is 6.54 Å². The van der Waals surface area contributed by atoms with Gasteiger partial charge in [0.05, 0.1) is 19.0 Å². The van der Waals surface area contributed by atoms with Crippen LogP contribution in [0.4, 0.5) is 5.69 Å². The Hall–Kier alpha value is -1.92. The number of amides is 1. The maximum Gasteiger partial charge on any atom is 0.224 e. The highest BCUT2D eigenvalue weighted by Gasteiger charge is 2.13. The second-order valence-corrected chi connectivity index (χ2v) is 11.3. The van der Waals surface area contributed by atoms with Crippen LogP contribution in [-0.4, -0.2) is 23.3 Å². The molecule has 0 spiro atoms. The van der Waals surface area contributed by atoms with Crippen molar-refractivity contribution >= 4 is 40.3 Å². The van der Waals surface area contributed by atoms with E-state index >= 15 is 0 Å². The van der Waals surface area contributed by atoms with Crippen molar-refractivity contribution in [2.45, 2.75) is 104 Å². The van der Waals surface area contributed by atoms with E-state index < -0.39 is 0 Å². The lowest BCUT2D eigenvalue weighted by Gasteiger charge is -2.22. The van der Waals surface area contributed by atoms with E-state index in [-0.39, 0.29) is 22.9 Å². The fourth-order valence-corrected chi connectivity index (χ4v) is 5.57. The molecule has 0 radical (unpaired) electrons. The molecule has 2 aromatic carbocycles. The number of hydrogen-bond donors (Lipinski definition) is 0. The zero-order chi connectivity index (χ0) is 26.8. The lowest BCUT2D eigenvalue weighted by Crippen LogP contribution is -2.27. The third kappa shape index (κ3) is 13.3. The molecule has 1 aliphatic heterocycles. The smallest absolute Gasteiger partial charge is 0.224 e. The standard InChI is InChI=1S/C33H48N2O2S.BrH/c1-3-4-5-6-7-8-9-10-11-12-13-14-23-37-33-17-15-16-31(25-33)27-35(29(2)36)32-20-18-30(19-21-32)26-34-22-24-38-28-34;/h15-22,24-25H,3-14,23,26-28H2,1-2H3;1H. The molecule has 0 unspecified atom stereocenters. The van der Waals surface area contributed by atoms with Gasteiger partial charge in [-0.05, 0) is 47.2 Å². The monoisotopic (exact) mass is 616 g/mol. The van der Waals surface area contributed by atoms with E-state index in [4.69, 9.17) is 4.74 Å². The highest BCUT2D eigenvalue weighted by atomic mass is 79.9. The van der Waals surface area contributed by atoms with Crippen molar-refractivity contribution in [3.8, 4) is 5.75 Å². The van der Waals surface area contributed by atoms with Crippen LogP contribution < -0.4 is 9.64 Å². The molecule has 4 nitrogen and oxygen atoms in total. The van der Waals surface area contributed by atoms with E-state index in [2.05, 4.69) is 59.8 Å². The maximum atomic E-state index is 12.5. The molecule has 1 heterocycles. The predicted molar refractivity (Wildman–Crippen MR) is 174 cm³/mol. The Bertz CT molecular complexity index is 966. The van der Waals surface area contributed by atoms with Gasteiger partial charge in [-0.25, -0.2) is 0 Å². The van der Waals surface area contributed by atoms with Gasteiger partial charge in [-0.2, -0.15) is 0 Å². The van der Waals surface area contributed by atoms with Gasteiger partial charge in [0.25, 0.3) is 0 Å². The van der Waals surface area contributed by atoms with Gasteiger partial charge < -0.3 is 14.5 Å². The summed E-state index contributed by atoms with van der Waals surface area (Å²) in [6.45, 7) is 6.09. The number of benzene rings is 2. The first-order valence-corrected chi connectivity index (χ1v) is 15.8. The van der Waals surface area contributed by atoms with E-state index in [9.17, 15) is 4.79 Å². The van der Waals surface area contributed by atoms with Crippen LogP contribution in [0, 0.1) is 0 Å². The predicted octanol–water partition coefficient (Wildman–Crippen LogP) is 9.87. The molecule has 0 atom stereocenters. The summed E-state index contributed by atoms with van der Waals surface area (Å²) in [5.74, 6) is 1.93. The molecule has 0 N–H and O–H groups in total. The van der Waals surface area contributed by atoms with Crippen LogP contribution in [0.25, 0.3) is 0 Å². The summed E-state index contributed by atoms with van der Waals surface area (Å²) in [6, 6.07) is 16.5. The van der Waals surface area contributed by atoms with Crippen LogP contribution in [0.3, 0.4) is 0 Å². The quantitative estimate of drug-likeness (QED) is 0.147. The van der Waals surface area contributed by atoms with Crippen LogP contribution in [0.5, 0.6) is 5.75 Å². The summed E-state index contributed by atoms with van der Waals surface area (Å²) in [4.78, 5) is 16.6. The Morgan fingerprint density at radius 1 is 0.872 bits per heavy atom. The van der Waals surface area contributed by atoms with E-state index in [1.54, 1.807) is 6.92 Å². The average molecular weight is 618 g/mol. The lowest BCUT2D eigenvalue weighted by atomic mass is 10.1. The van der Waals surface area contributed by atoms with Crippen molar-refractivity contribution in [2.24, 2.45) is 0 Å². The third-order valence-corrected chi connectivity index (χ3v) is 7.92. The van der Waals surface area contributed by atoms with Crippen LogP contribution in [0.2, 0.25) is 0 Å². The number of nitrogens with zero attached hydrogens (tertiary/aromatic N) is 2. The number of thioether (sulfide) groups is 1. The molecule has 1 aliphatic rings. The zero-order valence-corrected chi connectivity index (χ0v) is 26.6. The van der Waals surface area contributed by atoms with E-state index in [1.807, 2.05) is 28.8 Å². The highest BCUT2D eigenvalue weighted by molar-refractivity contribution is 8.93. The van der Waals surface area contributed by atoms with Crippen LogP contribution >= 0.6 is 28.7 Å². The van der Waals surface area contributed by atoms with Crippen LogP contribution in [0.1, 0.15) is 102 Å². The Balaban J connectivity index is 0.00000533. The first-order valence-electron chi connectivity index (χ1n) is 14.8. The number of carbonyl (C=O) groups is 1. The van der Waals surface area contributed by atoms with Crippen molar-refractivity contribution in [3.05, 3.63) is 71.3 Å². The van der Waals surface area contributed by atoms with Gasteiger partial charge in [0, 0.05) is 25.4 Å². The number of anilines is 1. The Morgan fingerprint density at radius 2 is 1.51 bits per heavy atom. The molecule has 6 heteroatoms. The summed E-state index contributed by atoms with van der Waals surface area (Å²) in [5.41, 5.74) is 3.25. The van der Waals surface area contributed by atoms with Crippen molar-refractivity contribution in [1.29, 1.82) is 0 Å². The summed E-state index contributed by atoms with van der Waals surface area (Å²) in [6.07, 6.45) is 18.3. The normalized spacial score (nSPS) is 12.4. The van der Waals surface area contributed by atoms with Crippen LogP contribution in [0.15, 0.2) is 60.1 Å². The van der Waals surface area contributed by atoms with Gasteiger partial charge in [0.1, 0.15) is 5.75 Å². The average Bonchev–Trinajstić information content (AvgIpc) is 3.44. The van der Waals surface area contributed by atoms with Gasteiger partial charge in [-0.3, -0.25) is 4.79 Å². The molecule has 3 rings (SSSR count). The second kappa shape index (κ2) is 20.0. The molecule has 0 saturated heterocycles. The largest absolute Gasteiger partial charge is 0.494 e.